The van der Waals surface area contributed by atoms with Gasteiger partial charge < -0.3 is 11.1 Å². The quantitative estimate of drug-likeness (QED) is 0.832. The van der Waals surface area contributed by atoms with Crippen molar-refractivity contribution < 1.29 is 4.79 Å². The van der Waals surface area contributed by atoms with Crippen molar-refractivity contribution >= 4 is 18.3 Å². The molecule has 0 aliphatic heterocycles. The van der Waals surface area contributed by atoms with Gasteiger partial charge in [0.15, 0.2) is 0 Å². The number of hydrogen-bond donors (Lipinski definition) is 2. The highest BCUT2D eigenvalue weighted by molar-refractivity contribution is 5.85. The van der Waals surface area contributed by atoms with Crippen LogP contribution in [0.5, 0.6) is 0 Å². The topological polar surface area (TPSA) is 55.1 Å². The standard InChI is InChI=1S/C14H22N2O.ClH/c1-11-5-3-6-12(2)13(11)8-10-16-14(17)7-4-9-15;/h3,5-6H,4,7-10,15H2,1-2H3,(H,16,17);1H. The number of halogens is 1. The van der Waals surface area contributed by atoms with Crippen molar-refractivity contribution in [2.75, 3.05) is 13.1 Å². The number of carbonyl (C=O) groups excluding carboxylic acids is 1. The molecule has 0 bridgehead atoms. The van der Waals surface area contributed by atoms with E-state index in [-0.39, 0.29) is 18.3 Å². The molecule has 3 N–H and O–H groups in total. The Morgan fingerprint density at radius 1 is 1.28 bits per heavy atom. The first kappa shape index (κ1) is 16.9. The normalized spacial score (nSPS) is 9.72. The maximum Gasteiger partial charge on any atom is 0.220 e. The Balaban J connectivity index is 0.00000289. The number of carbonyl (C=O) groups is 1. The summed E-state index contributed by atoms with van der Waals surface area (Å²) in [7, 11) is 0. The zero-order chi connectivity index (χ0) is 12.7. The molecule has 0 aliphatic rings. The molecule has 0 spiro atoms. The van der Waals surface area contributed by atoms with E-state index in [1.165, 1.54) is 16.7 Å². The van der Waals surface area contributed by atoms with Gasteiger partial charge in [0, 0.05) is 13.0 Å². The van der Waals surface area contributed by atoms with Crippen LogP contribution < -0.4 is 11.1 Å². The van der Waals surface area contributed by atoms with Crippen LogP contribution in [0.3, 0.4) is 0 Å². The molecule has 4 heteroatoms. The van der Waals surface area contributed by atoms with E-state index in [9.17, 15) is 4.79 Å². The average Bonchev–Trinajstić information content (AvgIpc) is 2.30. The molecule has 3 nitrogen and oxygen atoms in total. The van der Waals surface area contributed by atoms with Crippen molar-refractivity contribution in [3.05, 3.63) is 34.9 Å². The first-order valence-corrected chi connectivity index (χ1v) is 6.17. The third-order valence-electron chi connectivity index (χ3n) is 2.95. The molecule has 0 saturated carbocycles. The molecule has 0 aliphatic carbocycles. The summed E-state index contributed by atoms with van der Waals surface area (Å²) >= 11 is 0. The van der Waals surface area contributed by atoms with Gasteiger partial charge in [0.1, 0.15) is 0 Å². The summed E-state index contributed by atoms with van der Waals surface area (Å²) < 4.78 is 0. The molecule has 102 valence electrons. The minimum atomic E-state index is 0. The molecule has 0 fully saturated rings. The van der Waals surface area contributed by atoms with Crippen LogP contribution in [-0.4, -0.2) is 19.0 Å². The van der Waals surface area contributed by atoms with E-state index in [0.717, 1.165) is 12.8 Å². The number of rotatable bonds is 6. The van der Waals surface area contributed by atoms with Crippen LogP contribution >= 0.6 is 12.4 Å². The molecule has 1 aromatic carbocycles. The third kappa shape index (κ3) is 5.52. The van der Waals surface area contributed by atoms with E-state index in [0.29, 0.717) is 19.5 Å². The number of nitrogens with one attached hydrogen (secondary N) is 1. The summed E-state index contributed by atoms with van der Waals surface area (Å²) in [6, 6.07) is 6.28. The van der Waals surface area contributed by atoms with Crippen LogP contribution in [-0.2, 0) is 11.2 Å². The van der Waals surface area contributed by atoms with Crippen molar-refractivity contribution in [2.24, 2.45) is 5.73 Å². The molecular formula is C14H23ClN2O. The molecule has 1 amide bonds. The zero-order valence-electron chi connectivity index (χ0n) is 11.2. The molecular weight excluding hydrogens is 248 g/mol. The van der Waals surface area contributed by atoms with Crippen LogP contribution in [0, 0.1) is 13.8 Å². The van der Waals surface area contributed by atoms with Gasteiger partial charge in [0.05, 0.1) is 0 Å². The van der Waals surface area contributed by atoms with Crippen molar-refractivity contribution in [3.63, 3.8) is 0 Å². The van der Waals surface area contributed by atoms with Gasteiger partial charge in [-0.3, -0.25) is 4.79 Å². The Morgan fingerprint density at radius 2 is 1.89 bits per heavy atom. The van der Waals surface area contributed by atoms with E-state index in [1.54, 1.807) is 0 Å². The van der Waals surface area contributed by atoms with Gasteiger partial charge >= 0.3 is 0 Å². The smallest absolute Gasteiger partial charge is 0.220 e. The summed E-state index contributed by atoms with van der Waals surface area (Å²) in [5.74, 6) is 0.0988. The Hall–Kier alpha value is -1.06. The predicted octanol–water partition coefficient (Wildman–Crippen LogP) is 2.12. The molecule has 0 saturated heterocycles. The summed E-state index contributed by atoms with van der Waals surface area (Å²) in [5, 5.41) is 2.93. The fourth-order valence-electron chi connectivity index (χ4n) is 1.92. The molecule has 0 atom stereocenters. The monoisotopic (exact) mass is 270 g/mol. The fourth-order valence-corrected chi connectivity index (χ4v) is 1.92. The van der Waals surface area contributed by atoms with E-state index < -0.39 is 0 Å². The second-order valence-corrected chi connectivity index (χ2v) is 4.36. The van der Waals surface area contributed by atoms with Crippen LogP contribution in [0.15, 0.2) is 18.2 Å². The van der Waals surface area contributed by atoms with Gasteiger partial charge in [-0.15, -0.1) is 12.4 Å². The largest absolute Gasteiger partial charge is 0.356 e. The molecule has 0 radical (unpaired) electrons. The fraction of sp³-hybridized carbons (Fsp3) is 0.500. The molecule has 0 heterocycles. The second kappa shape index (κ2) is 8.95. The van der Waals surface area contributed by atoms with Gasteiger partial charge in [0.25, 0.3) is 0 Å². The number of amides is 1. The first-order valence-electron chi connectivity index (χ1n) is 6.17. The van der Waals surface area contributed by atoms with E-state index in [4.69, 9.17) is 5.73 Å². The van der Waals surface area contributed by atoms with Crippen molar-refractivity contribution in [1.82, 2.24) is 5.32 Å². The predicted molar refractivity (Wildman–Crippen MR) is 78.2 cm³/mol. The number of hydrogen-bond acceptors (Lipinski definition) is 2. The third-order valence-corrected chi connectivity index (χ3v) is 2.95. The summed E-state index contributed by atoms with van der Waals surface area (Å²) in [4.78, 5) is 11.4. The Labute approximate surface area is 116 Å². The lowest BCUT2D eigenvalue weighted by Crippen LogP contribution is -2.26. The van der Waals surface area contributed by atoms with Crippen LogP contribution in [0.4, 0.5) is 0 Å². The molecule has 0 aromatic heterocycles. The van der Waals surface area contributed by atoms with E-state index in [2.05, 4.69) is 37.4 Å². The lowest BCUT2D eigenvalue weighted by molar-refractivity contribution is -0.121. The van der Waals surface area contributed by atoms with Crippen molar-refractivity contribution in [2.45, 2.75) is 33.1 Å². The molecule has 18 heavy (non-hydrogen) atoms. The maximum atomic E-state index is 11.4. The van der Waals surface area contributed by atoms with Crippen LogP contribution in [0.25, 0.3) is 0 Å². The van der Waals surface area contributed by atoms with E-state index >= 15 is 0 Å². The van der Waals surface area contributed by atoms with E-state index in [1.807, 2.05) is 0 Å². The second-order valence-electron chi connectivity index (χ2n) is 4.36. The molecule has 0 unspecified atom stereocenters. The highest BCUT2D eigenvalue weighted by Gasteiger charge is 2.03. The minimum absolute atomic E-state index is 0. The van der Waals surface area contributed by atoms with Gasteiger partial charge in [-0.1, -0.05) is 18.2 Å². The SMILES string of the molecule is Cc1cccc(C)c1CCNC(=O)CCCN.Cl. The van der Waals surface area contributed by atoms with Crippen LogP contribution in [0.1, 0.15) is 29.5 Å². The molecule has 1 rings (SSSR count). The van der Waals surface area contributed by atoms with Crippen molar-refractivity contribution in [3.8, 4) is 0 Å². The Kier molecular flexibility index (Phi) is 8.42. The molecule has 1 aromatic rings. The highest BCUT2D eigenvalue weighted by Crippen LogP contribution is 2.13. The Bertz CT molecular complexity index is 360. The number of aryl methyl sites for hydroxylation is 2. The summed E-state index contributed by atoms with van der Waals surface area (Å²) in [6.07, 6.45) is 2.19. The van der Waals surface area contributed by atoms with Gasteiger partial charge in [-0.2, -0.15) is 0 Å². The van der Waals surface area contributed by atoms with Gasteiger partial charge in [-0.25, -0.2) is 0 Å². The first-order chi connectivity index (χ1) is 8.15. The van der Waals surface area contributed by atoms with Crippen molar-refractivity contribution in [1.29, 1.82) is 0 Å². The average molecular weight is 271 g/mol. The maximum absolute atomic E-state index is 11.4. The van der Waals surface area contributed by atoms with Gasteiger partial charge in [-0.05, 0) is 49.9 Å². The lowest BCUT2D eigenvalue weighted by atomic mass is 10.0. The van der Waals surface area contributed by atoms with Gasteiger partial charge in [0.2, 0.25) is 5.91 Å². The number of benzene rings is 1. The highest BCUT2D eigenvalue weighted by atomic mass is 35.5. The Morgan fingerprint density at radius 3 is 2.44 bits per heavy atom. The van der Waals surface area contributed by atoms with Crippen LogP contribution in [0.2, 0.25) is 0 Å². The summed E-state index contributed by atoms with van der Waals surface area (Å²) in [6.45, 7) is 5.50. The zero-order valence-corrected chi connectivity index (χ0v) is 12.0. The number of nitrogens with two attached hydrogens (primary N) is 1. The minimum Gasteiger partial charge on any atom is -0.356 e. The lowest BCUT2D eigenvalue weighted by Gasteiger charge is -2.10. The summed E-state index contributed by atoms with van der Waals surface area (Å²) in [5.41, 5.74) is 9.28.